The Morgan fingerprint density at radius 2 is 0.420 bits per heavy atom. The number of alkyl halides is 31. The molecule has 0 amide bonds. The SMILES string of the molecule is O=S([O-])OC(Br)(Br)C(Br)(Br)C(Br)(Br)C(Br)(Br)C(Br)(Br)C(Br)(Br)C(Br)(Br)C(Br)(Br)C(Br)(Br)C(Br)(Br)C(Br)(Br)C(Br)(Br)C(Br)(Br)C(Br)(Br)C(Br)(Br)Br. The van der Waals surface area contributed by atoms with Crippen LogP contribution in [0.5, 0.6) is 0 Å². The van der Waals surface area contributed by atoms with E-state index in [-0.39, 0.29) is 0 Å². The highest BCUT2D eigenvalue weighted by Crippen LogP contribution is 2.83. The van der Waals surface area contributed by atoms with Crippen molar-refractivity contribution >= 4 is 505 Å². The Balaban J connectivity index is 7.64. The Kier molecular flexibility index (Phi) is 27.7. The zero-order chi connectivity index (χ0) is 41.8. The normalized spacial score (nSPS) is 17.7. The summed E-state index contributed by atoms with van der Waals surface area (Å²) in [6.07, 6.45) is 0. The van der Waals surface area contributed by atoms with Gasteiger partial charge in [0.1, 0.15) is 38.8 Å². The van der Waals surface area contributed by atoms with Crippen molar-refractivity contribution in [2.45, 2.75) is 47.6 Å². The summed E-state index contributed by atoms with van der Waals surface area (Å²) < 4.78 is 8.20. The molecule has 0 fully saturated rings. The molecule has 0 saturated heterocycles. The fourth-order valence-electron chi connectivity index (χ4n) is 2.67. The van der Waals surface area contributed by atoms with E-state index < -0.39 is 59.0 Å². The molecule has 3 nitrogen and oxygen atoms in total. The average molecular weight is 2740 g/mol. The highest BCUT2D eigenvalue weighted by molar-refractivity contribution is 9.42. The first kappa shape index (κ1) is 64.9. The van der Waals surface area contributed by atoms with E-state index in [4.69, 9.17) is 4.18 Å². The Labute approximate surface area is 551 Å². The van der Waals surface area contributed by atoms with Gasteiger partial charge in [-0.05, 0) is 31.9 Å². The third-order valence-electron chi connectivity index (χ3n) is 5.63. The largest absolute Gasteiger partial charge is 0.750 e. The van der Waals surface area contributed by atoms with Crippen molar-refractivity contribution in [2.75, 3.05) is 0 Å². The lowest BCUT2D eigenvalue weighted by molar-refractivity contribution is 0.247. The van der Waals surface area contributed by atoms with Gasteiger partial charge in [-0.25, -0.2) is 4.21 Å². The van der Waals surface area contributed by atoms with Crippen LogP contribution in [0, 0.1) is 0 Å². The zero-order valence-electron chi connectivity index (χ0n) is 20.8. The molecule has 0 spiro atoms. The zero-order valence-corrected chi connectivity index (χ0v) is 70.8. The third kappa shape index (κ3) is 11.3. The van der Waals surface area contributed by atoms with Crippen LogP contribution in [0.1, 0.15) is 0 Å². The second kappa shape index (κ2) is 21.3. The predicted molar refractivity (Wildman–Crippen MR) is 328 cm³/mol. The second-order valence-electron chi connectivity index (χ2n) is 8.77. The number of rotatable bonds is 15. The van der Waals surface area contributed by atoms with Crippen molar-refractivity contribution in [2.24, 2.45) is 0 Å². The summed E-state index contributed by atoms with van der Waals surface area (Å²) in [4.78, 5) is 0. The predicted octanol–water partition coefficient (Wildman–Crippen LogP) is 22.4. The molecule has 0 bridgehead atoms. The summed E-state index contributed by atoms with van der Waals surface area (Å²) in [5, 5.41) is 0. The van der Waals surface area contributed by atoms with Gasteiger partial charge in [0, 0.05) is 0 Å². The molecule has 0 rings (SSSR count). The molecule has 1 unspecified atom stereocenters. The highest BCUT2D eigenvalue weighted by atomic mass is 80.0. The molecular formula is C15Br31O3S-. The van der Waals surface area contributed by atoms with Crippen molar-refractivity contribution in [3.05, 3.63) is 0 Å². The van der Waals surface area contributed by atoms with E-state index in [2.05, 4.69) is 494 Å². The Hall–Kier alpha value is 15.0. The number of halogens is 31. The van der Waals surface area contributed by atoms with Crippen molar-refractivity contribution < 1.29 is 12.9 Å². The van der Waals surface area contributed by atoms with Gasteiger partial charge in [-0.2, -0.15) is 0 Å². The first-order chi connectivity index (χ1) is 20.9. The lowest BCUT2D eigenvalue weighted by Gasteiger charge is -2.61. The lowest BCUT2D eigenvalue weighted by atomic mass is 10.0. The van der Waals surface area contributed by atoms with Crippen LogP contribution in [0.3, 0.4) is 0 Å². The van der Waals surface area contributed by atoms with Crippen molar-refractivity contribution in [3.8, 4) is 0 Å². The van der Waals surface area contributed by atoms with Crippen molar-refractivity contribution in [1.29, 1.82) is 0 Å². The summed E-state index contributed by atoms with van der Waals surface area (Å²) >= 11 is 115. The van der Waals surface area contributed by atoms with Gasteiger partial charge in [0.05, 0.1) is 11.4 Å². The molecule has 1 atom stereocenters. The van der Waals surface area contributed by atoms with Gasteiger partial charge in [0.2, 0.25) is 3.42 Å². The van der Waals surface area contributed by atoms with Crippen molar-refractivity contribution in [3.63, 3.8) is 0 Å². The maximum atomic E-state index is 11.6. The Bertz CT molecular complexity index is 1280. The average Bonchev–Trinajstić information content (AvgIpc) is 2.85. The molecule has 0 aliphatic rings. The molecule has 0 saturated carbocycles. The van der Waals surface area contributed by atoms with E-state index in [1.165, 1.54) is 0 Å². The van der Waals surface area contributed by atoms with E-state index in [1.54, 1.807) is 0 Å². The van der Waals surface area contributed by atoms with Crippen molar-refractivity contribution in [1.82, 2.24) is 0 Å². The molecule has 0 aromatic heterocycles. The molecule has 0 N–H and O–H groups in total. The summed E-state index contributed by atoms with van der Waals surface area (Å²) in [7, 11) is 0. The van der Waals surface area contributed by atoms with Crippen LogP contribution >= 0.6 is 494 Å². The Morgan fingerprint density at radius 1 is 0.280 bits per heavy atom. The summed E-state index contributed by atoms with van der Waals surface area (Å²) in [5.41, 5.74) is 0. The topological polar surface area (TPSA) is 49.4 Å². The van der Waals surface area contributed by atoms with Crippen LogP contribution in [0.25, 0.3) is 0 Å². The van der Waals surface area contributed by atoms with E-state index in [1.807, 2.05) is 0 Å². The van der Waals surface area contributed by atoms with Gasteiger partial charge in [-0.15, -0.1) is 0 Å². The molecular weight excluding hydrogens is 2740 g/mol. The van der Waals surface area contributed by atoms with Crippen LogP contribution in [-0.4, -0.2) is 56.4 Å². The maximum Gasteiger partial charge on any atom is 0.219 e. The minimum atomic E-state index is -2.95. The van der Waals surface area contributed by atoms with Gasteiger partial charge < -0.3 is 4.55 Å². The van der Waals surface area contributed by atoms with E-state index in [9.17, 15) is 8.76 Å². The standard InChI is InChI=1S/C15HBr31O3S/c16-1(17,2(18,19)4(22,23)6(26,27)8(30,31)10(34,35)12(38,39)14(42,43)44)3(20,21)5(24,25)7(28,29)9(32,33)11(36,37)13(40,41)15(45,46)49-50(47)48/h(H,47,48)/p-1. The molecule has 0 aromatic carbocycles. The van der Waals surface area contributed by atoms with Crippen LogP contribution in [0.15, 0.2) is 0 Å². The quantitative estimate of drug-likeness (QED) is 0.121. The molecule has 0 radical (unpaired) electrons. The Morgan fingerprint density at radius 3 is 0.560 bits per heavy atom. The first-order valence-corrected chi connectivity index (χ1v) is 35.6. The monoisotopic (exact) mass is 2710 g/mol. The summed E-state index contributed by atoms with van der Waals surface area (Å²) in [6, 6.07) is 0. The van der Waals surface area contributed by atoms with Gasteiger partial charge in [0.25, 0.3) is 0 Å². The smallest absolute Gasteiger partial charge is 0.219 e. The minimum Gasteiger partial charge on any atom is -0.750 e. The minimum absolute atomic E-state index is 0.922. The van der Waals surface area contributed by atoms with E-state index >= 15 is 0 Å². The third-order valence-corrected chi connectivity index (χ3v) is 71.5. The van der Waals surface area contributed by atoms with Gasteiger partial charge >= 0.3 is 0 Å². The number of hydrogen-bond acceptors (Lipinski definition) is 3. The van der Waals surface area contributed by atoms with Gasteiger partial charge in [-0.1, -0.05) is 462 Å². The molecule has 0 heterocycles. The molecule has 0 aromatic rings. The van der Waals surface area contributed by atoms with Crippen LogP contribution < -0.4 is 0 Å². The molecule has 0 aliphatic heterocycles. The van der Waals surface area contributed by atoms with E-state index in [0.717, 1.165) is 0 Å². The van der Waals surface area contributed by atoms with Crippen LogP contribution in [0.2, 0.25) is 0 Å². The van der Waals surface area contributed by atoms with Gasteiger partial charge in [0.15, 0.2) is 5.38 Å². The van der Waals surface area contributed by atoms with Crippen LogP contribution in [-0.2, 0) is 15.5 Å². The highest BCUT2D eigenvalue weighted by Gasteiger charge is 2.83. The van der Waals surface area contributed by atoms with E-state index in [0.29, 0.717) is 0 Å². The summed E-state index contributed by atoms with van der Waals surface area (Å²) in [5.74, 6) is 0. The molecule has 0 aliphatic carbocycles. The second-order valence-corrected chi connectivity index (χ2v) is 64.2. The van der Waals surface area contributed by atoms with Gasteiger partial charge in [-0.3, -0.25) is 4.18 Å². The van der Waals surface area contributed by atoms with Crippen LogP contribution in [0.4, 0.5) is 0 Å². The lowest BCUT2D eigenvalue weighted by Crippen LogP contribution is -2.73. The fourth-order valence-corrected chi connectivity index (χ4v) is 34.1. The summed E-state index contributed by atoms with van der Waals surface area (Å²) in [6.45, 7) is 0. The number of hydrogen-bond donors (Lipinski definition) is 0. The first-order valence-electron chi connectivity index (χ1n) is 10.1. The maximum absolute atomic E-state index is 11.6. The molecule has 35 heteroatoms. The molecule has 302 valence electrons. The fraction of sp³-hybridized carbons (Fsp3) is 1.00. The molecule has 50 heavy (non-hydrogen) atoms.